The van der Waals surface area contributed by atoms with Gasteiger partial charge in [-0.1, -0.05) is 96.9 Å². The number of carbonyl (C=O) groups excluding carboxylic acids is 5. The van der Waals surface area contributed by atoms with Crippen molar-refractivity contribution in [1.82, 2.24) is 0 Å². The minimum atomic E-state index is -6.36. The van der Waals surface area contributed by atoms with E-state index in [9.17, 15) is 208 Å². The fourth-order valence-electron chi connectivity index (χ4n) is 28.6. The summed E-state index contributed by atoms with van der Waals surface area (Å²) in [6.07, 6.45) is -78.3. The molecule has 0 saturated heterocycles. The molecule has 14 rings (SSSR count). The van der Waals surface area contributed by atoms with Crippen LogP contribution in [-0.2, 0) is 47.7 Å². The lowest BCUT2D eigenvalue weighted by Gasteiger charge is -2.55. The van der Waals surface area contributed by atoms with E-state index in [0.29, 0.717) is 55.3 Å². The zero-order valence-corrected chi connectivity index (χ0v) is 82.2. The molecule has 0 aromatic rings. The maximum absolute atomic E-state index is 14.0. The summed E-state index contributed by atoms with van der Waals surface area (Å²) in [5.74, 6) is -14.4. The molecule has 14 aliphatic rings. The summed E-state index contributed by atoms with van der Waals surface area (Å²) < 4.78 is 505. The number of rotatable bonds is 19. The molecule has 14 bridgehead atoms. The lowest BCUT2D eigenvalue weighted by atomic mass is 9.51. The summed E-state index contributed by atoms with van der Waals surface area (Å²) in [5, 5.41) is 48.4. The van der Waals surface area contributed by atoms with Crippen LogP contribution in [0.15, 0.2) is 0 Å². The van der Waals surface area contributed by atoms with Crippen LogP contribution in [0.1, 0.15) is 234 Å². The summed E-state index contributed by atoms with van der Waals surface area (Å²) in [6.45, 7) is 25.8. The van der Waals surface area contributed by atoms with Crippen molar-refractivity contribution < 1.29 is 231 Å². The molecule has 844 valence electrons. The number of esters is 5. The van der Waals surface area contributed by atoms with Gasteiger partial charge in [-0.15, -0.1) is 0 Å². The van der Waals surface area contributed by atoms with Crippen LogP contribution in [0, 0.1) is 187 Å². The second-order valence-electron chi connectivity index (χ2n) is 46.2. The topological polar surface area (TPSA) is 233 Å². The summed E-state index contributed by atoms with van der Waals surface area (Å²) >= 11 is 0. The van der Waals surface area contributed by atoms with Crippen molar-refractivity contribution in [2.75, 3.05) is 0 Å². The van der Waals surface area contributed by atoms with E-state index < -0.39 is 262 Å². The quantitative estimate of drug-likeness (QED) is 0.0460. The molecule has 14 aliphatic carbocycles. The van der Waals surface area contributed by atoms with Crippen molar-refractivity contribution in [2.45, 2.75) is 366 Å². The molecule has 29 unspecified atom stereocenters. The Morgan fingerprint density at radius 2 is 0.600 bits per heavy atom. The van der Waals surface area contributed by atoms with E-state index in [1.807, 2.05) is 34.6 Å². The SMILES string of the molecule is CC(C)C(OC(=O)C1(C)CC2CC1C(C)C2C)C(O)(C(F)(F)F)C(F)(F)F.CC(C)C(OC(=O)C1CC2CC1C(C)C2C)C(O)(C(F)(F)F)C(F)(F)F.CC1C2CC(C1C)C(C(=O)OC(C)(C)C(O)(C(F)(F)F)C(F)(F)F)(C(F)(F)F)C2.CC1C2CC(C1C)C(C(=O)OC(C)C(O)(C(F)(F)F)C(F)(F)F)(C(F)(F)F)C2.CC1C2CC(C1C)C(C)(C(=O)OC(CC1C3CC4CC(C3)CC1C4)C(O)(C(F)(F)F)C(F)(F)F)C2. The Labute approximate surface area is 812 Å². The summed E-state index contributed by atoms with van der Waals surface area (Å²) in [7, 11) is 0. The molecule has 29 atom stereocenters. The van der Waals surface area contributed by atoms with Crippen LogP contribution in [0.4, 0.5) is 158 Å². The van der Waals surface area contributed by atoms with Gasteiger partial charge in [-0.25, -0.2) is 0 Å². The fourth-order valence-corrected chi connectivity index (χ4v) is 28.6. The highest BCUT2D eigenvalue weighted by atomic mass is 19.5. The van der Waals surface area contributed by atoms with Gasteiger partial charge in [0.15, 0.2) is 28.6 Å². The lowest BCUT2D eigenvalue weighted by Crippen LogP contribution is -2.70. The maximum Gasteiger partial charge on any atom is 0.430 e. The smallest absolute Gasteiger partial charge is 0.430 e. The predicted octanol–water partition coefficient (Wildman–Crippen LogP) is 25.3. The zero-order valence-electron chi connectivity index (χ0n) is 82.2. The predicted molar refractivity (Wildman–Crippen MR) is 435 cm³/mol. The number of hydrogen-bond acceptors (Lipinski definition) is 15. The van der Waals surface area contributed by atoms with Gasteiger partial charge in [0.1, 0.15) is 12.2 Å². The highest BCUT2D eigenvalue weighted by Gasteiger charge is 2.85. The van der Waals surface area contributed by atoms with Gasteiger partial charge in [-0.2, -0.15) is 158 Å². The van der Waals surface area contributed by atoms with Crippen molar-refractivity contribution in [3.63, 3.8) is 0 Å². The molecule has 0 aromatic heterocycles. The Kier molecular flexibility index (Phi) is 33.3. The molecule has 0 radical (unpaired) electrons. The van der Waals surface area contributed by atoms with Crippen LogP contribution in [0.5, 0.6) is 0 Å². The molecule has 0 amide bonds. The van der Waals surface area contributed by atoms with Gasteiger partial charge in [-0.05, 0) is 297 Å². The number of ether oxygens (including phenoxy) is 5. The van der Waals surface area contributed by atoms with Gasteiger partial charge in [0.2, 0.25) is 0 Å². The van der Waals surface area contributed by atoms with Crippen LogP contribution >= 0.6 is 0 Å². The number of halogens is 36. The van der Waals surface area contributed by atoms with Crippen molar-refractivity contribution in [3.05, 3.63) is 0 Å². The third kappa shape index (κ3) is 20.3. The number of fused-ring (bicyclic) bond motifs is 10. The lowest BCUT2D eigenvalue weighted by molar-refractivity contribution is -0.409. The minimum Gasteiger partial charge on any atom is -0.458 e. The Balaban J connectivity index is 0.000000203. The average Bonchev–Trinajstić information content (AvgIpc) is 1.46. The first kappa shape index (κ1) is 123. The van der Waals surface area contributed by atoms with Crippen LogP contribution < -0.4 is 0 Å². The van der Waals surface area contributed by atoms with Crippen LogP contribution in [0.25, 0.3) is 0 Å². The first-order valence-corrected chi connectivity index (χ1v) is 48.1. The Morgan fingerprint density at radius 3 is 0.876 bits per heavy atom. The third-order valence-electron chi connectivity index (χ3n) is 37.9. The highest BCUT2D eigenvalue weighted by molar-refractivity contribution is 5.81. The van der Waals surface area contributed by atoms with E-state index in [2.05, 4.69) is 16.4 Å². The second kappa shape index (κ2) is 39.3. The van der Waals surface area contributed by atoms with E-state index >= 15 is 0 Å². The van der Waals surface area contributed by atoms with Crippen LogP contribution in [0.3, 0.4) is 0 Å². The summed E-state index contributed by atoms with van der Waals surface area (Å²) in [4.78, 5) is 63.6. The minimum absolute atomic E-state index is 0.0251. The average molecular weight is 2180 g/mol. The van der Waals surface area contributed by atoms with Gasteiger partial charge in [0.25, 0.3) is 28.0 Å². The first-order chi connectivity index (χ1) is 64.6. The Hall–Kier alpha value is -5.37. The van der Waals surface area contributed by atoms with Gasteiger partial charge < -0.3 is 49.2 Å². The Morgan fingerprint density at radius 1 is 0.303 bits per heavy atom. The molecule has 14 saturated carbocycles. The molecular weight excluding hydrogens is 2050 g/mol. The van der Waals surface area contributed by atoms with E-state index in [1.165, 1.54) is 13.8 Å². The number of hydrogen-bond donors (Lipinski definition) is 5. The zero-order chi connectivity index (χ0) is 112. The molecule has 5 N–H and O–H groups in total. The van der Waals surface area contributed by atoms with Crippen LogP contribution in [0.2, 0.25) is 0 Å². The Bertz CT molecular complexity index is 4450. The molecule has 51 heteroatoms. The standard InChI is InChI=1S/C26H36F6O3.C18H26F6O3.C17H21F9O3.C17H24F6O3.C16H19F9O3/c1-12-13(2)20-9-18(12)11-23(20,3)22(33)35-21(24(34,25(27,28)29)26(30,31)32)10-19-16-5-14-4-15(7-16)8-17(19)6-14;1-8(2)13(16(26,17(19,20)21)18(22,23)24)27-14(25)15(5)7-11-6-12(15)10(4)9(11)3;1-7-8(2)10-5-9(7)6-13(10,15(18,19)20)11(27)29-12(3,4)14(28,16(21,22)23)17(24,25)26;1-7(2)13(15(25,16(18,19)20)17(21,22)23)26-14(24)12-6-10-5-11(12)9(4)8(10)3;1-6-7(2)10-4-9(6)5-12(10,14(17,18)19)11(26)28-8(3)13(27,15(20,21)22)16(23,24)25/h12-21,34H,4-11H2,1-3H3;8-13,26H,6-7H2,1-5H3;7-10,28H,5-6H2,1-4H3;7-13,25H,5-6H2,1-4H3;6-10,27H,4-5H2,1-3H3. The van der Waals surface area contributed by atoms with E-state index in [0.717, 1.165) is 72.6 Å². The van der Waals surface area contributed by atoms with E-state index in [4.69, 9.17) is 14.2 Å². The van der Waals surface area contributed by atoms with Gasteiger partial charge in [0, 0.05) is 0 Å². The fraction of sp³-hybridized carbons (Fsp3) is 0.947. The molecule has 14 fully saturated rings. The summed E-state index contributed by atoms with van der Waals surface area (Å²) in [6, 6.07) is 0. The first-order valence-electron chi connectivity index (χ1n) is 48.1. The van der Waals surface area contributed by atoms with Crippen molar-refractivity contribution in [3.8, 4) is 0 Å². The van der Waals surface area contributed by atoms with E-state index in [1.54, 1.807) is 27.7 Å². The highest BCUT2D eigenvalue weighted by Crippen LogP contribution is 2.72. The summed E-state index contributed by atoms with van der Waals surface area (Å²) in [5.41, 5.74) is -38.9. The molecule has 15 nitrogen and oxygen atoms in total. The number of alkyl halides is 36. The molecule has 145 heavy (non-hydrogen) atoms. The van der Waals surface area contributed by atoms with Crippen LogP contribution in [-0.4, -0.2) is 188 Å². The molecule has 0 aromatic carbocycles. The normalized spacial score (nSPS) is 37.3. The molecule has 0 aliphatic heterocycles. The van der Waals surface area contributed by atoms with Gasteiger partial charge in [0.05, 0.1) is 16.7 Å². The second-order valence-corrected chi connectivity index (χ2v) is 46.2. The molecule has 0 heterocycles. The van der Waals surface area contributed by atoms with Crippen molar-refractivity contribution >= 4 is 29.8 Å². The monoisotopic (exact) mass is 2180 g/mol. The number of carbonyl (C=O) groups is 5. The molecule has 0 spiro atoms. The molecular formula is C94H126F36O15. The third-order valence-corrected chi connectivity index (χ3v) is 37.9. The van der Waals surface area contributed by atoms with Gasteiger partial charge >= 0.3 is 104 Å². The van der Waals surface area contributed by atoms with Gasteiger partial charge in [-0.3, -0.25) is 24.0 Å². The van der Waals surface area contributed by atoms with E-state index in [-0.39, 0.29) is 111 Å². The maximum atomic E-state index is 14.0. The van der Waals surface area contributed by atoms with Crippen molar-refractivity contribution in [1.29, 1.82) is 0 Å². The van der Waals surface area contributed by atoms with Crippen molar-refractivity contribution in [2.24, 2.45) is 187 Å². The largest absolute Gasteiger partial charge is 0.458 e. The number of aliphatic hydroxyl groups is 5.